The van der Waals surface area contributed by atoms with Crippen LogP contribution in [-0.2, 0) is 0 Å². The number of hydrogen-bond acceptors (Lipinski definition) is 2. The van der Waals surface area contributed by atoms with Crippen molar-refractivity contribution in [3.05, 3.63) is 23.4 Å². The smallest absolute Gasteiger partial charge is 0.0267 e. The van der Waals surface area contributed by atoms with Gasteiger partial charge >= 0.3 is 0 Å². The highest BCUT2D eigenvalue weighted by Gasteiger charge is 2.05. The molecule has 13 heavy (non-hydrogen) atoms. The van der Waals surface area contributed by atoms with Crippen LogP contribution in [-0.4, -0.2) is 12.8 Å². The molecule has 0 heterocycles. The van der Waals surface area contributed by atoms with E-state index in [-0.39, 0.29) is 0 Å². The van der Waals surface area contributed by atoms with Crippen LogP contribution in [0.15, 0.2) is 23.4 Å². The van der Waals surface area contributed by atoms with Crippen molar-refractivity contribution in [1.82, 2.24) is 5.32 Å². The standard InChI is InChI=1S/C11H18N2/c1-9(2)8-13-11-6-4-3-5-10(11)7-12/h3,5,7,9,12-13H,4,6,8H2,1-2H3. The Morgan fingerprint density at radius 2 is 2.38 bits per heavy atom. The van der Waals surface area contributed by atoms with E-state index in [1.807, 2.05) is 6.08 Å². The van der Waals surface area contributed by atoms with E-state index in [0.29, 0.717) is 5.92 Å². The lowest BCUT2D eigenvalue weighted by Gasteiger charge is -2.16. The highest BCUT2D eigenvalue weighted by atomic mass is 14.9. The van der Waals surface area contributed by atoms with Crippen molar-refractivity contribution in [3.8, 4) is 0 Å². The van der Waals surface area contributed by atoms with Crippen LogP contribution in [0.1, 0.15) is 26.7 Å². The molecule has 2 nitrogen and oxygen atoms in total. The summed E-state index contributed by atoms with van der Waals surface area (Å²) < 4.78 is 0. The predicted octanol–water partition coefficient (Wildman–Crippen LogP) is 2.49. The molecule has 0 spiro atoms. The van der Waals surface area contributed by atoms with Gasteiger partial charge in [0.2, 0.25) is 0 Å². The highest BCUT2D eigenvalue weighted by molar-refractivity contribution is 5.81. The van der Waals surface area contributed by atoms with E-state index in [9.17, 15) is 0 Å². The van der Waals surface area contributed by atoms with Gasteiger partial charge in [0.05, 0.1) is 0 Å². The van der Waals surface area contributed by atoms with E-state index in [1.54, 1.807) is 0 Å². The molecule has 0 aromatic carbocycles. The molecule has 0 aromatic rings. The molecule has 0 bridgehead atoms. The second kappa shape index (κ2) is 4.85. The summed E-state index contributed by atoms with van der Waals surface area (Å²) >= 11 is 0. The van der Waals surface area contributed by atoms with Crippen molar-refractivity contribution in [3.63, 3.8) is 0 Å². The Morgan fingerprint density at radius 3 is 3.00 bits per heavy atom. The average Bonchev–Trinajstić information content (AvgIpc) is 2.15. The monoisotopic (exact) mass is 178 g/mol. The molecule has 1 rings (SSSR count). The Kier molecular flexibility index (Phi) is 3.74. The number of rotatable bonds is 4. The first-order valence-corrected chi connectivity index (χ1v) is 4.88. The van der Waals surface area contributed by atoms with Crippen LogP contribution >= 0.6 is 0 Å². The van der Waals surface area contributed by atoms with E-state index >= 15 is 0 Å². The van der Waals surface area contributed by atoms with Crippen LogP contribution in [0.2, 0.25) is 0 Å². The van der Waals surface area contributed by atoms with Crippen molar-refractivity contribution in [1.29, 1.82) is 5.41 Å². The summed E-state index contributed by atoms with van der Waals surface area (Å²) in [5, 5.41) is 10.6. The Morgan fingerprint density at radius 1 is 1.62 bits per heavy atom. The molecule has 72 valence electrons. The zero-order valence-electron chi connectivity index (χ0n) is 8.43. The van der Waals surface area contributed by atoms with Crippen LogP contribution in [0.5, 0.6) is 0 Å². The Hall–Kier alpha value is -1.05. The Labute approximate surface area is 80.2 Å². The van der Waals surface area contributed by atoms with Crippen molar-refractivity contribution < 1.29 is 0 Å². The summed E-state index contributed by atoms with van der Waals surface area (Å²) in [4.78, 5) is 0. The minimum atomic E-state index is 0.658. The molecule has 0 atom stereocenters. The summed E-state index contributed by atoms with van der Waals surface area (Å²) in [7, 11) is 0. The van der Waals surface area contributed by atoms with Crippen LogP contribution in [0.3, 0.4) is 0 Å². The third-order valence-electron chi connectivity index (χ3n) is 2.09. The SMILES string of the molecule is CC(C)CNC1=C(C=N)C=CCC1. The fourth-order valence-electron chi connectivity index (χ4n) is 1.34. The molecule has 0 saturated heterocycles. The van der Waals surface area contributed by atoms with Crippen LogP contribution in [0.25, 0.3) is 0 Å². The first-order valence-electron chi connectivity index (χ1n) is 4.88. The molecule has 0 aliphatic heterocycles. The van der Waals surface area contributed by atoms with Gasteiger partial charge in [-0.05, 0) is 18.8 Å². The molecule has 0 unspecified atom stereocenters. The molecule has 1 aliphatic rings. The van der Waals surface area contributed by atoms with E-state index in [4.69, 9.17) is 5.41 Å². The zero-order chi connectivity index (χ0) is 9.68. The largest absolute Gasteiger partial charge is 0.388 e. The van der Waals surface area contributed by atoms with Crippen LogP contribution in [0, 0.1) is 11.3 Å². The maximum atomic E-state index is 7.24. The van der Waals surface area contributed by atoms with Crippen molar-refractivity contribution in [2.45, 2.75) is 26.7 Å². The second-order valence-corrected chi connectivity index (χ2v) is 3.79. The van der Waals surface area contributed by atoms with Crippen molar-refractivity contribution in [2.24, 2.45) is 5.92 Å². The molecule has 1 aliphatic carbocycles. The van der Waals surface area contributed by atoms with Gasteiger partial charge in [0.25, 0.3) is 0 Å². The Balaban J connectivity index is 2.58. The molecular weight excluding hydrogens is 160 g/mol. The summed E-state index contributed by atoms with van der Waals surface area (Å²) in [6, 6.07) is 0. The summed E-state index contributed by atoms with van der Waals surface area (Å²) in [6.07, 6.45) is 7.73. The molecular formula is C11H18N2. The first kappa shape index (κ1) is 10.0. The summed E-state index contributed by atoms with van der Waals surface area (Å²) in [5.74, 6) is 0.658. The van der Waals surface area contributed by atoms with Crippen LogP contribution < -0.4 is 5.32 Å². The quantitative estimate of drug-likeness (QED) is 0.637. The zero-order valence-corrected chi connectivity index (χ0v) is 8.43. The maximum Gasteiger partial charge on any atom is 0.0267 e. The van der Waals surface area contributed by atoms with Crippen molar-refractivity contribution >= 4 is 6.21 Å². The highest BCUT2D eigenvalue weighted by Crippen LogP contribution is 2.15. The molecule has 0 fully saturated rings. The van der Waals surface area contributed by atoms with Crippen LogP contribution in [0.4, 0.5) is 0 Å². The van der Waals surface area contributed by atoms with Gasteiger partial charge in [-0.3, -0.25) is 0 Å². The Bertz CT molecular complexity index is 236. The number of allylic oxidation sites excluding steroid dienone is 4. The van der Waals surface area contributed by atoms with Gasteiger partial charge in [0.15, 0.2) is 0 Å². The predicted molar refractivity (Wildman–Crippen MR) is 57.0 cm³/mol. The van der Waals surface area contributed by atoms with Gasteiger partial charge in [0.1, 0.15) is 0 Å². The first-order chi connectivity index (χ1) is 6.24. The fourth-order valence-corrected chi connectivity index (χ4v) is 1.34. The number of hydrogen-bond donors (Lipinski definition) is 2. The normalized spacial score (nSPS) is 16.5. The lowest BCUT2D eigenvalue weighted by molar-refractivity contribution is 0.583. The van der Waals surface area contributed by atoms with Gasteiger partial charge in [-0.15, -0.1) is 0 Å². The van der Waals surface area contributed by atoms with Gasteiger partial charge in [-0.1, -0.05) is 26.0 Å². The lowest BCUT2D eigenvalue weighted by Crippen LogP contribution is -2.21. The third-order valence-corrected chi connectivity index (χ3v) is 2.09. The molecule has 0 aromatic heterocycles. The second-order valence-electron chi connectivity index (χ2n) is 3.79. The summed E-state index contributed by atoms with van der Waals surface area (Å²) in [6.45, 7) is 5.38. The van der Waals surface area contributed by atoms with Gasteiger partial charge < -0.3 is 10.7 Å². The molecule has 2 N–H and O–H groups in total. The molecule has 0 amide bonds. The van der Waals surface area contributed by atoms with E-state index in [1.165, 1.54) is 11.9 Å². The van der Waals surface area contributed by atoms with E-state index in [0.717, 1.165) is 25.0 Å². The van der Waals surface area contributed by atoms with Crippen molar-refractivity contribution in [2.75, 3.05) is 6.54 Å². The minimum absolute atomic E-state index is 0.658. The maximum absolute atomic E-state index is 7.24. The van der Waals surface area contributed by atoms with E-state index in [2.05, 4.69) is 25.2 Å². The average molecular weight is 178 g/mol. The fraction of sp³-hybridized carbons (Fsp3) is 0.545. The minimum Gasteiger partial charge on any atom is -0.388 e. The van der Waals surface area contributed by atoms with Gasteiger partial charge in [-0.25, -0.2) is 0 Å². The summed E-state index contributed by atoms with van der Waals surface area (Å²) in [5.41, 5.74) is 2.26. The van der Waals surface area contributed by atoms with E-state index < -0.39 is 0 Å². The van der Waals surface area contributed by atoms with Gasteiger partial charge in [0, 0.05) is 24.0 Å². The third kappa shape index (κ3) is 3.05. The molecule has 0 radical (unpaired) electrons. The molecule has 2 heteroatoms. The lowest BCUT2D eigenvalue weighted by atomic mass is 10.0. The topological polar surface area (TPSA) is 35.9 Å². The number of nitrogens with one attached hydrogen (secondary N) is 2. The molecule has 0 saturated carbocycles. The van der Waals surface area contributed by atoms with Gasteiger partial charge in [-0.2, -0.15) is 0 Å².